The average Bonchev–Trinajstić information content (AvgIpc) is 2.57. The molecule has 1 aliphatic carbocycles. The van der Waals surface area contributed by atoms with Crippen LogP contribution in [0.15, 0.2) is 42.5 Å². The molecule has 98 valence electrons. The molecule has 3 rings (SSSR count). The van der Waals surface area contributed by atoms with Gasteiger partial charge in [0.15, 0.2) is 5.78 Å². The molecule has 0 fully saturated rings. The van der Waals surface area contributed by atoms with Gasteiger partial charge in [-0.15, -0.1) is 12.3 Å². The molecular weight excluding hydrogens is 251 g/mol. The summed E-state index contributed by atoms with van der Waals surface area (Å²) in [5, 5.41) is 0. The molecule has 0 amide bonds. The van der Waals surface area contributed by atoms with Gasteiger partial charge < -0.3 is 0 Å². The third-order valence-electron chi connectivity index (χ3n) is 3.79. The number of hydrogen-bond acceptors (Lipinski definition) is 1. The number of carbonyl (C=O) groups excluding carboxylic acids is 1. The van der Waals surface area contributed by atoms with Gasteiger partial charge in [-0.2, -0.15) is 0 Å². The Morgan fingerprint density at radius 2 is 2.00 bits per heavy atom. The second-order valence-corrected chi connectivity index (χ2v) is 5.00. The summed E-state index contributed by atoms with van der Waals surface area (Å²) >= 11 is 0. The van der Waals surface area contributed by atoms with Gasteiger partial charge in [-0.05, 0) is 35.2 Å². The van der Waals surface area contributed by atoms with E-state index in [4.69, 9.17) is 6.42 Å². The predicted molar refractivity (Wildman–Crippen MR) is 76.2 cm³/mol. The molecule has 2 aromatic carbocycles. The van der Waals surface area contributed by atoms with Gasteiger partial charge in [0, 0.05) is 12.0 Å². The van der Waals surface area contributed by atoms with Crippen LogP contribution in [0.2, 0.25) is 0 Å². The Balaban J connectivity index is 2.22. The molecule has 0 saturated carbocycles. The maximum absolute atomic E-state index is 13.4. The van der Waals surface area contributed by atoms with E-state index in [0.29, 0.717) is 18.4 Å². The van der Waals surface area contributed by atoms with Crippen LogP contribution in [0.25, 0.3) is 0 Å². The predicted octanol–water partition coefficient (Wildman–Crippen LogP) is 3.72. The molecule has 0 aromatic heterocycles. The number of rotatable bonds is 1. The minimum Gasteiger partial charge on any atom is -0.293 e. The number of terminal acetylenes is 1. The lowest BCUT2D eigenvalue weighted by molar-refractivity contribution is 0.0960. The second kappa shape index (κ2) is 4.94. The zero-order valence-electron chi connectivity index (χ0n) is 10.9. The van der Waals surface area contributed by atoms with E-state index in [2.05, 4.69) is 5.92 Å². The molecule has 2 aromatic rings. The topological polar surface area (TPSA) is 17.1 Å². The van der Waals surface area contributed by atoms with E-state index in [0.717, 1.165) is 16.7 Å². The summed E-state index contributed by atoms with van der Waals surface area (Å²) in [5.74, 6) is 1.72. The van der Waals surface area contributed by atoms with Crippen LogP contribution in [0, 0.1) is 18.2 Å². The molecular formula is C18H13FO. The summed E-state index contributed by atoms with van der Waals surface area (Å²) in [7, 11) is 0. The number of carbonyl (C=O) groups is 1. The van der Waals surface area contributed by atoms with Crippen molar-refractivity contribution in [1.82, 2.24) is 0 Å². The third kappa shape index (κ3) is 2.02. The first-order valence-corrected chi connectivity index (χ1v) is 6.54. The van der Waals surface area contributed by atoms with E-state index in [-0.39, 0.29) is 17.5 Å². The van der Waals surface area contributed by atoms with Crippen molar-refractivity contribution < 1.29 is 9.18 Å². The first-order chi connectivity index (χ1) is 9.70. The maximum Gasteiger partial charge on any atom is 0.171 e. The molecule has 1 aliphatic rings. The molecule has 0 bridgehead atoms. The lowest BCUT2D eigenvalue weighted by Crippen LogP contribution is -2.13. The van der Waals surface area contributed by atoms with E-state index in [9.17, 15) is 9.18 Å². The normalized spacial score (nSPS) is 16.8. The Kier molecular flexibility index (Phi) is 3.12. The highest BCUT2D eigenvalue weighted by atomic mass is 19.1. The Labute approximate surface area is 117 Å². The van der Waals surface area contributed by atoms with E-state index in [1.54, 1.807) is 6.07 Å². The van der Waals surface area contributed by atoms with Crippen molar-refractivity contribution in [3.63, 3.8) is 0 Å². The highest BCUT2D eigenvalue weighted by Crippen LogP contribution is 2.33. The van der Waals surface area contributed by atoms with Crippen LogP contribution in [0.4, 0.5) is 4.39 Å². The van der Waals surface area contributed by atoms with Crippen LogP contribution in [0.5, 0.6) is 0 Å². The summed E-state index contributed by atoms with van der Waals surface area (Å²) in [6.45, 7) is 0. The van der Waals surface area contributed by atoms with Gasteiger partial charge in [0.05, 0.1) is 5.92 Å². The zero-order chi connectivity index (χ0) is 14.1. The van der Waals surface area contributed by atoms with E-state index < -0.39 is 0 Å². The quantitative estimate of drug-likeness (QED) is 0.717. The Hall–Kier alpha value is -2.40. The molecule has 20 heavy (non-hydrogen) atoms. The van der Waals surface area contributed by atoms with Gasteiger partial charge in [0.25, 0.3) is 0 Å². The van der Waals surface area contributed by atoms with Crippen molar-refractivity contribution in [1.29, 1.82) is 0 Å². The number of benzene rings is 2. The Morgan fingerprint density at radius 3 is 2.80 bits per heavy atom. The minimum absolute atomic E-state index is 0.0811. The average molecular weight is 264 g/mol. The van der Waals surface area contributed by atoms with Crippen molar-refractivity contribution in [2.75, 3.05) is 0 Å². The van der Waals surface area contributed by atoms with Gasteiger partial charge in [-0.1, -0.05) is 30.3 Å². The number of fused-ring (bicyclic) bond motifs is 2. The lowest BCUT2D eigenvalue weighted by atomic mass is 9.88. The summed E-state index contributed by atoms with van der Waals surface area (Å²) in [6.07, 6.45) is 6.38. The Bertz CT molecular complexity index is 724. The highest BCUT2D eigenvalue weighted by Gasteiger charge is 2.28. The van der Waals surface area contributed by atoms with Crippen molar-refractivity contribution in [2.45, 2.75) is 18.8 Å². The molecule has 0 radical (unpaired) electrons. The van der Waals surface area contributed by atoms with Crippen LogP contribution >= 0.6 is 0 Å². The molecule has 0 saturated heterocycles. The van der Waals surface area contributed by atoms with Crippen molar-refractivity contribution in [3.05, 3.63) is 70.5 Å². The van der Waals surface area contributed by atoms with Crippen LogP contribution < -0.4 is 0 Å². The van der Waals surface area contributed by atoms with Crippen molar-refractivity contribution in [2.24, 2.45) is 0 Å². The smallest absolute Gasteiger partial charge is 0.171 e. The Morgan fingerprint density at radius 1 is 1.20 bits per heavy atom. The van der Waals surface area contributed by atoms with Crippen LogP contribution in [-0.4, -0.2) is 5.78 Å². The fraction of sp³-hybridized carbons (Fsp3) is 0.167. The zero-order valence-corrected chi connectivity index (χ0v) is 10.9. The maximum atomic E-state index is 13.4. The monoisotopic (exact) mass is 264 g/mol. The number of halogens is 1. The number of ketones is 1. The standard InChI is InChI=1S/C18H13FO/c1-2-5-16-15-7-4-3-6-12(15)10-13-8-9-14(19)11-17(13)18(16)20/h1,3-4,6-9,11,16H,5,10H2. The first kappa shape index (κ1) is 12.6. The van der Waals surface area contributed by atoms with Crippen molar-refractivity contribution >= 4 is 5.78 Å². The fourth-order valence-corrected chi connectivity index (χ4v) is 2.82. The van der Waals surface area contributed by atoms with Gasteiger partial charge in [-0.3, -0.25) is 4.79 Å². The van der Waals surface area contributed by atoms with Crippen LogP contribution in [-0.2, 0) is 6.42 Å². The largest absolute Gasteiger partial charge is 0.293 e. The molecule has 1 nitrogen and oxygen atoms in total. The molecule has 0 N–H and O–H groups in total. The fourth-order valence-electron chi connectivity index (χ4n) is 2.82. The highest BCUT2D eigenvalue weighted by molar-refractivity contribution is 6.03. The molecule has 0 aliphatic heterocycles. The third-order valence-corrected chi connectivity index (χ3v) is 3.79. The van der Waals surface area contributed by atoms with E-state index >= 15 is 0 Å². The summed E-state index contributed by atoms with van der Waals surface area (Å²) < 4.78 is 13.4. The second-order valence-electron chi connectivity index (χ2n) is 5.00. The number of Topliss-reactive ketones (excluding diaryl/α,β-unsaturated/α-hetero) is 1. The van der Waals surface area contributed by atoms with Gasteiger partial charge >= 0.3 is 0 Å². The SMILES string of the molecule is C#CCC1C(=O)c2cc(F)ccc2Cc2ccccc21. The van der Waals surface area contributed by atoms with Crippen LogP contribution in [0.1, 0.15) is 39.4 Å². The summed E-state index contributed by atoms with van der Waals surface area (Å²) in [4.78, 5) is 12.7. The van der Waals surface area contributed by atoms with E-state index in [1.165, 1.54) is 12.1 Å². The van der Waals surface area contributed by atoms with Crippen LogP contribution in [0.3, 0.4) is 0 Å². The molecule has 1 atom stereocenters. The van der Waals surface area contributed by atoms with Gasteiger partial charge in [0.1, 0.15) is 5.82 Å². The molecule has 0 heterocycles. The first-order valence-electron chi connectivity index (χ1n) is 6.54. The van der Waals surface area contributed by atoms with Gasteiger partial charge in [0.2, 0.25) is 0 Å². The lowest BCUT2D eigenvalue weighted by Gasteiger charge is -2.14. The molecule has 1 unspecified atom stereocenters. The van der Waals surface area contributed by atoms with E-state index in [1.807, 2.05) is 24.3 Å². The minimum atomic E-state index is -0.387. The summed E-state index contributed by atoms with van der Waals surface area (Å²) in [6, 6.07) is 12.2. The van der Waals surface area contributed by atoms with Crippen molar-refractivity contribution in [3.8, 4) is 12.3 Å². The number of hydrogen-bond donors (Lipinski definition) is 0. The van der Waals surface area contributed by atoms with Gasteiger partial charge in [-0.25, -0.2) is 4.39 Å². The molecule has 2 heteroatoms. The summed E-state index contributed by atoms with van der Waals surface area (Å²) in [5.41, 5.74) is 3.38. The molecule has 0 spiro atoms.